The third-order valence-corrected chi connectivity index (χ3v) is 3.40. The van der Waals surface area contributed by atoms with E-state index >= 15 is 0 Å². The lowest BCUT2D eigenvalue weighted by molar-refractivity contribution is -0.138. The van der Waals surface area contributed by atoms with E-state index in [-0.39, 0.29) is 11.6 Å². The molecule has 1 saturated heterocycles. The fourth-order valence-corrected chi connectivity index (χ4v) is 2.33. The van der Waals surface area contributed by atoms with Gasteiger partial charge < -0.3 is 10.6 Å². The number of carbonyl (C=O) groups excluding carboxylic acids is 1. The highest BCUT2D eigenvalue weighted by Crippen LogP contribution is 2.32. The number of benzene rings is 1. The van der Waals surface area contributed by atoms with E-state index in [2.05, 4.69) is 10.6 Å². The molecule has 1 atom stereocenters. The topological polar surface area (TPSA) is 41.1 Å². The fourth-order valence-electron chi connectivity index (χ4n) is 2.33. The van der Waals surface area contributed by atoms with Crippen LogP contribution in [0.2, 0.25) is 0 Å². The van der Waals surface area contributed by atoms with Gasteiger partial charge in [0.25, 0.3) is 5.91 Å². The van der Waals surface area contributed by atoms with Gasteiger partial charge in [-0.05, 0) is 38.4 Å². The average molecular weight is 286 g/mol. The molecule has 0 aliphatic carbocycles. The largest absolute Gasteiger partial charge is 0.417 e. The molecule has 20 heavy (non-hydrogen) atoms. The highest BCUT2D eigenvalue weighted by molar-refractivity contribution is 5.96. The summed E-state index contributed by atoms with van der Waals surface area (Å²) in [5.41, 5.74) is -0.721. The second kappa shape index (κ2) is 5.83. The standard InChI is InChI=1S/C14H17F3N2O/c1-9-4-5-11(12(7-9)14(15,16)17)13(20)19-8-10-3-2-6-18-10/h4-5,7,10,18H,2-3,6,8H2,1H3,(H,19,20). The maximum absolute atomic E-state index is 12.9. The van der Waals surface area contributed by atoms with E-state index in [0.29, 0.717) is 12.1 Å². The summed E-state index contributed by atoms with van der Waals surface area (Å²) in [5.74, 6) is -0.675. The molecule has 6 heteroatoms. The summed E-state index contributed by atoms with van der Waals surface area (Å²) in [7, 11) is 0. The molecule has 2 N–H and O–H groups in total. The van der Waals surface area contributed by atoms with Crippen LogP contribution >= 0.6 is 0 Å². The Kier molecular flexibility index (Phi) is 4.32. The van der Waals surface area contributed by atoms with Crippen molar-refractivity contribution in [2.24, 2.45) is 0 Å². The van der Waals surface area contributed by atoms with Crippen LogP contribution in [0.15, 0.2) is 18.2 Å². The van der Waals surface area contributed by atoms with Crippen molar-refractivity contribution < 1.29 is 18.0 Å². The third-order valence-electron chi connectivity index (χ3n) is 3.40. The van der Waals surface area contributed by atoms with Crippen LogP contribution in [-0.2, 0) is 6.18 Å². The van der Waals surface area contributed by atoms with Crippen LogP contribution in [0, 0.1) is 6.92 Å². The Morgan fingerprint density at radius 3 is 2.80 bits per heavy atom. The van der Waals surface area contributed by atoms with E-state index < -0.39 is 17.6 Å². The van der Waals surface area contributed by atoms with E-state index in [0.717, 1.165) is 25.5 Å². The molecule has 1 unspecified atom stereocenters. The molecule has 1 aliphatic rings. The zero-order chi connectivity index (χ0) is 14.8. The number of nitrogens with one attached hydrogen (secondary N) is 2. The molecule has 0 bridgehead atoms. The first-order chi connectivity index (χ1) is 9.38. The molecule has 0 aromatic heterocycles. The van der Waals surface area contributed by atoms with Crippen molar-refractivity contribution in [2.45, 2.75) is 32.0 Å². The summed E-state index contributed by atoms with van der Waals surface area (Å²) in [5, 5.41) is 5.75. The Morgan fingerprint density at radius 2 is 2.20 bits per heavy atom. The average Bonchev–Trinajstić information content (AvgIpc) is 2.88. The first-order valence-electron chi connectivity index (χ1n) is 6.57. The molecule has 1 aliphatic heterocycles. The van der Waals surface area contributed by atoms with E-state index in [4.69, 9.17) is 0 Å². The number of aryl methyl sites for hydroxylation is 1. The van der Waals surface area contributed by atoms with Crippen LogP contribution in [-0.4, -0.2) is 25.0 Å². The van der Waals surface area contributed by atoms with Gasteiger partial charge in [0.05, 0.1) is 11.1 Å². The lowest BCUT2D eigenvalue weighted by Gasteiger charge is -2.15. The molecule has 0 saturated carbocycles. The van der Waals surface area contributed by atoms with E-state index in [9.17, 15) is 18.0 Å². The predicted octanol–water partition coefficient (Wildman–Crippen LogP) is 2.50. The molecule has 2 rings (SSSR count). The van der Waals surface area contributed by atoms with Crippen molar-refractivity contribution in [1.82, 2.24) is 10.6 Å². The smallest absolute Gasteiger partial charge is 0.350 e. The molecule has 1 aromatic rings. The number of amides is 1. The van der Waals surface area contributed by atoms with Gasteiger partial charge in [-0.1, -0.05) is 11.6 Å². The molecule has 0 radical (unpaired) electrons. The molecular weight excluding hydrogens is 269 g/mol. The van der Waals surface area contributed by atoms with Crippen LogP contribution < -0.4 is 10.6 Å². The summed E-state index contributed by atoms with van der Waals surface area (Å²) >= 11 is 0. The maximum atomic E-state index is 12.9. The highest BCUT2D eigenvalue weighted by atomic mass is 19.4. The molecular formula is C14H17F3N2O. The van der Waals surface area contributed by atoms with Crippen molar-refractivity contribution in [1.29, 1.82) is 0 Å². The summed E-state index contributed by atoms with van der Waals surface area (Å²) in [6, 6.07) is 3.90. The summed E-state index contributed by atoms with van der Waals surface area (Å²) in [4.78, 5) is 11.9. The Bertz CT molecular complexity index is 494. The minimum absolute atomic E-state index is 0.152. The molecule has 1 fully saturated rings. The third kappa shape index (κ3) is 3.50. The van der Waals surface area contributed by atoms with Crippen molar-refractivity contribution in [2.75, 3.05) is 13.1 Å². The quantitative estimate of drug-likeness (QED) is 0.896. The predicted molar refractivity (Wildman–Crippen MR) is 69.5 cm³/mol. The SMILES string of the molecule is Cc1ccc(C(=O)NCC2CCCN2)c(C(F)(F)F)c1. The van der Waals surface area contributed by atoms with Crippen molar-refractivity contribution in [3.8, 4) is 0 Å². The number of hydrogen-bond donors (Lipinski definition) is 2. The number of halogens is 3. The van der Waals surface area contributed by atoms with E-state index in [1.54, 1.807) is 6.92 Å². The number of rotatable bonds is 3. The molecule has 3 nitrogen and oxygen atoms in total. The van der Waals surface area contributed by atoms with Crippen LogP contribution in [0.4, 0.5) is 13.2 Å². The molecule has 110 valence electrons. The summed E-state index contributed by atoms with van der Waals surface area (Å²) in [6.45, 7) is 2.81. The van der Waals surface area contributed by atoms with E-state index in [1.165, 1.54) is 12.1 Å². The van der Waals surface area contributed by atoms with Gasteiger partial charge in [-0.3, -0.25) is 4.79 Å². The Labute approximate surface area is 115 Å². The Balaban J connectivity index is 2.12. The second-order valence-corrected chi connectivity index (χ2v) is 5.05. The summed E-state index contributed by atoms with van der Waals surface area (Å²) in [6.07, 6.45) is -2.57. The zero-order valence-corrected chi connectivity index (χ0v) is 11.2. The molecule has 1 aromatic carbocycles. The van der Waals surface area contributed by atoms with Crippen LogP contribution in [0.1, 0.15) is 34.3 Å². The van der Waals surface area contributed by atoms with Crippen LogP contribution in [0.5, 0.6) is 0 Å². The first-order valence-corrected chi connectivity index (χ1v) is 6.57. The van der Waals surface area contributed by atoms with E-state index in [1.807, 2.05) is 0 Å². The first kappa shape index (κ1) is 14.8. The monoisotopic (exact) mass is 286 g/mol. The van der Waals surface area contributed by atoms with Gasteiger partial charge in [-0.2, -0.15) is 13.2 Å². The van der Waals surface area contributed by atoms with Crippen LogP contribution in [0.3, 0.4) is 0 Å². The lowest BCUT2D eigenvalue weighted by atomic mass is 10.0. The van der Waals surface area contributed by atoms with Gasteiger partial charge in [-0.15, -0.1) is 0 Å². The van der Waals surface area contributed by atoms with Gasteiger partial charge in [0.15, 0.2) is 0 Å². The minimum Gasteiger partial charge on any atom is -0.350 e. The van der Waals surface area contributed by atoms with Gasteiger partial charge >= 0.3 is 6.18 Å². The normalized spacial score (nSPS) is 19.1. The molecule has 1 amide bonds. The maximum Gasteiger partial charge on any atom is 0.417 e. The van der Waals surface area contributed by atoms with Crippen molar-refractivity contribution >= 4 is 5.91 Å². The lowest BCUT2D eigenvalue weighted by Crippen LogP contribution is -2.37. The van der Waals surface area contributed by atoms with Gasteiger partial charge in [0, 0.05) is 12.6 Å². The van der Waals surface area contributed by atoms with Crippen molar-refractivity contribution in [3.05, 3.63) is 34.9 Å². The fraction of sp³-hybridized carbons (Fsp3) is 0.500. The highest BCUT2D eigenvalue weighted by Gasteiger charge is 2.35. The van der Waals surface area contributed by atoms with Crippen molar-refractivity contribution in [3.63, 3.8) is 0 Å². The van der Waals surface area contributed by atoms with Crippen LogP contribution in [0.25, 0.3) is 0 Å². The Morgan fingerprint density at radius 1 is 1.45 bits per heavy atom. The minimum atomic E-state index is -4.52. The molecule has 0 spiro atoms. The number of carbonyl (C=O) groups is 1. The number of alkyl halides is 3. The van der Waals surface area contributed by atoms with Gasteiger partial charge in [-0.25, -0.2) is 0 Å². The zero-order valence-electron chi connectivity index (χ0n) is 11.2. The van der Waals surface area contributed by atoms with Gasteiger partial charge in [0.1, 0.15) is 0 Å². The second-order valence-electron chi connectivity index (χ2n) is 5.05. The summed E-state index contributed by atoms with van der Waals surface area (Å²) < 4.78 is 38.8. The number of hydrogen-bond acceptors (Lipinski definition) is 2. The molecule has 1 heterocycles. The van der Waals surface area contributed by atoms with Gasteiger partial charge in [0.2, 0.25) is 0 Å². The Hall–Kier alpha value is -1.56.